The zero-order valence-electron chi connectivity index (χ0n) is 9.65. The van der Waals surface area contributed by atoms with Crippen molar-refractivity contribution in [3.05, 3.63) is 33.9 Å². The number of benzene rings is 1. The summed E-state index contributed by atoms with van der Waals surface area (Å²) in [6.45, 7) is 5.37. The first-order valence-corrected chi connectivity index (χ1v) is 5.01. The van der Waals surface area contributed by atoms with Crippen molar-refractivity contribution < 1.29 is 10.0 Å². The molecule has 0 fully saturated rings. The number of nitro benzene ring substituents is 1. The molecule has 0 radical (unpaired) electrons. The maximum absolute atomic E-state index is 10.7. The summed E-state index contributed by atoms with van der Waals surface area (Å²) in [7, 11) is 0. The van der Waals surface area contributed by atoms with Crippen LogP contribution in [0.4, 0.5) is 11.4 Å². The molecule has 0 aliphatic carbocycles. The van der Waals surface area contributed by atoms with Crippen molar-refractivity contribution in [2.75, 3.05) is 11.9 Å². The lowest BCUT2D eigenvalue weighted by molar-refractivity contribution is -0.385. The standard InChI is InChI=1S/C11H16N2O3/c1-8-4-5-9(6-10(8)13(15)16)12-7-11(2,3)14/h4-6,12,14H,7H2,1-3H3. The van der Waals surface area contributed by atoms with Gasteiger partial charge in [0, 0.05) is 23.9 Å². The first kappa shape index (κ1) is 12.4. The third-order valence-corrected chi connectivity index (χ3v) is 2.13. The SMILES string of the molecule is Cc1ccc(NCC(C)(C)O)cc1[N+](=O)[O-]. The van der Waals surface area contributed by atoms with E-state index in [-0.39, 0.29) is 5.69 Å². The Morgan fingerprint density at radius 3 is 2.62 bits per heavy atom. The Hall–Kier alpha value is -1.62. The van der Waals surface area contributed by atoms with E-state index in [9.17, 15) is 15.2 Å². The topological polar surface area (TPSA) is 75.4 Å². The average Bonchev–Trinajstić information content (AvgIpc) is 2.14. The first-order valence-electron chi connectivity index (χ1n) is 5.01. The summed E-state index contributed by atoms with van der Waals surface area (Å²) in [6.07, 6.45) is 0. The molecular weight excluding hydrogens is 208 g/mol. The molecule has 1 rings (SSSR count). The molecule has 1 aromatic rings. The van der Waals surface area contributed by atoms with E-state index < -0.39 is 10.5 Å². The molecule has 0 saturated heterocycles. The summed E-state index contributed by atoms with van der Waals surface area (Å²) in [5.74, 6) is 0. The van der Waals surface area contributed by atoms with Gasteiger partial charge in [-0.25, -0.2) is 0 Å². The Labute approximate surface area is 94.3 Å². The minimum atomic E-state index is -0.848. The van der Waals surface area contributed by atoms with Crippen LogP contribution in [0.1, 0.15) is 19.4 Å². The molecule has 0 bridgehead atoms. The number of anilines is 1. The van der Waals surface area contributed by atoms with Crippen LogP contribution in [0.5, 0.6) is 0 Å². The summed E-state index contributed by atoms with van der Waals surface area (Å²) < 4.78 is 0. The number of rotatable bonds is 4. The highest BCUT2D eigenvalue weighted by Gasteiger charge is 2.14. The van der Waals surface area contributed by atoms with Crippen LogP contribution in [0.2, 0.25) is 0 Å². The highest BCUT2D eigenvalue weighted by molar-refractivity contribution is 5.54. The van der Waals surface area contributed by atoms with Gasteiger partial charge in [0.1, 0.15) is 0 Å². The maximum atomic E-state index is 10.7. The minimum absolute atomic E-state index is 0.0840. The molecular formula is C11H16N2O3. The Balaban J connectivity index is 2.83. The van der Waals surface area contributed by atoms with Gasteiger partial charge in [-0.1, -0.05) is 6.07 Å². The van der Waals surface area contributed by atoms with Crippen molar-refractivity contribution in [3.8, 4) is 0 Å². The predicted molar refractivity (Wildman–Crippen MR) is 62.6 cm³/mol. The van der Waals surface area contributed by atoms with Crippen LogP contribution in [0.3, 0.4) is 0 Å². The molecule has 0 atom stereocenters. The zero-order valence-corrected chi connectivity index (χ0v) is 9.65. The quantitative estimate of drug-likeness (QED) is 0.606. The molecule has 0 spiro atoms. The average molecular weight is 224 g/mol. The van der Waals surface area contributed by atoms with Gasteiger partial charge in [0.2, 0.25) is 0 Å². The molecule has 5 heteroatoms. The van der Waals surface area contributed by atoms with E-state index in [4.69, 9.17) is 0 Å². The van der Waals surface area contributed by atoms with Crippen molar-refractivity contribution in [2.24, 2.45) is 0 Å². The largest absolute Gasteiger partial charge is 0.389 e. The summed E-state index contributed by atoms with van der Waals surface area (Å²) in [5.41, 5.74) is 0.499. The van der Waals surface area contributed by atoms with E-state index in [0.717, 1.165) is 0 Å². The summed E-state index contributed by atoms with van der Waals surface area (Å²) >= 11 is 0. The molecule has 0 aliphatic heterocycles. The lowest BCUT2D eigenvalue weighted by Crippen LogP contribution is -2.29. The molecule has 0 saturated carbocycles. The van der Waals surface area contributed by atoms with Crippen LogP contribution in [0.15, 0.2) is 18.2 Å². The van der Waals surface area contributed by atoms with Gasteiger partial charge in [-0.15, -0.1) is 0 Å². The third kappa shape index (κ3) is 3.51. The molecule has 5 nitrogen and oxygen atoms in total. The summed E-state index contributed by atoms with van der Waals surface area (Å²) in [4.78, 5) is 10.3. The minimum Gasteiger partial charge on any atom is -0.389 e. The van der Waals surface area contributed by atoms with Crippen molar-refractivity contribution in [2.45, 2.75) is 26.4 Å². The highest BCUT2D eigenvalue weighted by atomic mass is 16.6. The van der Waals surface area contributed by atoms with E-state index in [0.29, 0.717) is 17.8 Å². The molecule has 88 valence electrons. The maximum Gasteiger partial charge on any atom is 0.274 e. The number of hydrogen-bond acceptors (Lipinski definition) is 4. The van der Waals surface area contributed by atoms with Crippen LogP contribution in [-0.2, 0) is 0 Å². The van der Waals surface area contributed by atoms with Gasteiger partial charge in [-0.3, -0.25) is 10.1 Å². The molecule has 0 heterocycles. The van der Waals surface area contributed by atoms with Gasteiger partial charge in [0.25, 0.3) is 5.69 Å². The van der Waals surface area contributed by atoms with Crippen LogP contribution >= 0.6 is 0 Å². The number of nitro groups is 1. The predicted octanol–water partition coefficient (Wildman–Crippen LogP) is 2.09. The lowest BCUT2D eigenvalue weighted by Gasteiger charge is -2.18. The summed E-state index contributed by atoms with van der Waals surface area (Å²) in [6, 6.07) is 4.92. The fourth-order valence-corrected chi connectivity index (χ4v) is 1.23. The fourth-order valence-electron chi connectivity index (χ4n) is 1.23. The van der Waals surface area contributed by atoms with Crippen molar-refractivity contribution in [3.63, 3.8) is 0 Å². The second-order valence-electron chi connectivity index (χ2n) is 4.42. The van der Waals surface area contributed by atoms with Crippen LogP contribution in [-0.4, -0.2) is 22.2 Å². The zero-order chi connectivity index (χ0) is 12.3. The molecule has 2 N–H and O–H groups in total. The summed E-state index contributed by atoms with van der Waals surface area (Å²) in [5, 5.41) is 23.2. The van der Waals surface area contributed by atoms with Crippen molar-refractivity contribution >= 4 is 11.4 Å². The number of nitrogens with one attached hydrogen (secondary N) is 1. The van der Waals surface area contributed by atoms with E-state index in [1.54, 1.807) is 32.9 Å². The molecule has 16 heavy (non-hydrogen) atoms. The van der Waals surface area contributed by atoms with Crippen LogP contribution < -0.4 is 5.32 Å². The lowest BCUT2D eigenvalue weighted by atomic mass is 10.1. The molecule has 0 aromatic heterocycles. The Kier molecular flexibility index (Phi) is 3.49. The molecule has 0 amide bonds. The van der Waals surface area contributed by atoms with Gasteiger partial charge in [-0.05, 0) is 26.8 Å². The number of aryl methyl sites for hydroxylation is 1. The van der Waals surface area contributed by atoms with Gasteiger partial charge in [-0.2, -0.15) is 0 Å². The Bertz CT molecular complexity index is 397. The van der Waals surface area contributed by atoms with E-state index in [2.05, 4.69) is 5.32 Å². The smallest absolute Gasteiger partial charge is 0.274 e. The molecule has 1 aromatic carbocycles. The second-order valence-corrected chi connectivity index (χ2v) is 4.42. The van der Waals surface area contributed by atoms with Crippen molar-refractivity contribution in [1.29, 1.82) is 0 Å². The normalized spacial score (nSPS) is 11.2. The second kappa shape index (κ2) is 4.49. The van der Waals surface area contributed by atoms with E-state index >= 15 is 0 Å². The van der Waals surface area contributed by atoms with Gasteiger partial charge in [0.05, 0.1) is 10.5 Å². The fraction of sp³-hybridized carbons (Fsp3) is 0.455. The number of hydrogen-bond donors (Lipinski definition) is 2. The number of aliphatic hydroxyl groups is 1. The van der Waals surface area contributed by atoms with Crippen LogP contribution in [0, 0.1) is 17.0 Å². The molecule has 0 unspecified atom stereocenters. The number of nitrogens with zero attached hydrogens (tertiary/aromatic N) is 1. The highest BCUT2D eigenvalue weighted by Crippen LogP contribution is 2.22. The van der Waals surface area contributed by atoms with Gasteiger partial charge < -0.3 is 10.4 Å². The first-order chi connectivity index (χ1) is 7.29. The van der Waals surface area contributed by atoms with Crippen LogP contribution in [0.25, 0.3) is 0 Å². The third-order valence-electron chi connectivity index (χ3n) is 2.13. The van der Waals surface area contributed by atoms with Gasteiger partial charge >= 0.3 is 0 Å². The van der Waals surface area contributed by atoms with Gasteiger partial charge in [0.15, 0.2) is 0 Å². The van der Waals surface area contributed by atoms with Crippen molar-refractivity contribution in [1.82, 2.24) is 0 Å². The van der Waals surface area contributed by atoms with E-state index in [1.807, 2.05) is 0 Å². The molecule has 0 aliphatic rings. The van der Waals surface area contributed by atoms with E-state index in [1.165, 1.54) is 6.07 Å². The Morgan fingerprint density at radius 2 is 2.12 bits per heavy atom. The Morgan fingerprint density at radius 1 is 1.50 bits per heavy atom. The monoisotopic (exact) mass is 224 g/mol.